The maximum Gasteiger partial charge on any atom is 0.405 e. The Bertz CT molecular complexity index is 895. The monoisotopic (exact) mass is 396 g/mol. The standard InChI is InChI=1S/C19H16F4N2O3/c1-28-16-8-6-12(10-14(16)20)7-9-17(26)25-15-5-3-2-4-13(15)18(27)24-11-19(21,22)23/h2-10H,11H2,1H3,(H,24,27)(H,25,26)/b9-7+. The molecule has 2 N–H and O–H groups in total. The summed E-state index contributed by atoms with van der Waals surface area (Å²) in [4.78, 5) is 24.0. The van der Waals surface area contributed by atoms with Gasteiger partial charge in [0, 0.05) is 6.08 Å². The lowest BCUT2D eigenvalue weighted by molar-refractivity contribution is -0.123. The Labute approximate surface area is 158 Å². The number of para-hydroxylation sites is 1. The van der Waals surface area contributed by atoms with Gasteiger partial charge in [-0.1, -0.05) is 18.2 Å². The highest BCUT2D eigenvalue weighted by Gasteiger charge is 2.28. The molecule has 0 heterocycles. The minimum Gasteiger partial charge on any atom is -0.494 e. The van der Waals surface area contributed by atoms with E-state index in [9.17, 15) is 27.2 Å². The summed E-state index contributed by atoms with van der Waals surface area (Å²) < 4.78 is 55.2. The summed E-state index contributed by atoms with van der Waals surface area (Å²) in [7, 11) is 1.32. The van der Waals surface area contributed by atoms with Crippen LogP contribution in [0.3, 0.4) is 0 Å². The molecular formula is C19H16F4N2O3. The third-order valence-corrected chi connectivity index (χ3v) is 3.48. The van der Waals surface area contributed by atoms with Crippen LogP contribution in [0.5, 0.6) is 5.75 Å². The zero-order chi connectivity index (χ0) is 20.7. The van der Waals surface area contributed by atoms with Crippen LogP contribution >= 0.6 is 0 Å². The molecule has 0 aromatic heterocycles. The molecule has 0 spiro atoms. The van der Waals surface area contributed by atoms with Crippen molar-refractivity contribution in [2.24, 2.45) is 0 Å². The van der Waals surface area contributed by atoms with Gasteiger partial charge in [0.1, 0.15) is 6.54 Å². The third kappa shape index (κ3) is 6.11. The van der Waals surface area contributed by atoms with E-state index in [1.165, 1.54) is 55.7 Å². The zero-order valence-corrected chi connectivity index (χ0v) is 14.6. The molecule has 0 atom stereocenters. The number of benzene rings is 2. The van der Waals surface area contributed by atoms with Gasteiger partial charge in [0.25, 0.3) is 5.91 Å². The lowest BCUT2D eigenvalue weighted by Crippen LogP contribution is -2.34. The molecule has 0 fully saturated rings. The number of carbonyl (C=O) groups is 2. The number of rotatable bonds is 6. The molecule has 0 saturated heterocycles. The molecule has 0 bridgehead atoms. The predicted octanol–water partition coefficient (Wildman–Crippen LogP) is 3.78. The Balaban J connectivity index is 2.08. The summed E-state index contributed by atoms with van der Waals surface area (Å²) in [6.07, 6.45) is -2.11. The van der Waals surface area contributed by atoms with Crippen LogP contribution < -0.4 is 15.4 Å². The second-order valence-electron chi connectivity index (χ2n) is 5.56. The molecule has 5 nitrogen and oxygen atoms in total. The molecule has 0 saturated carbocycles. The molecule has 28 heavy (non-hydrogen) atoms. The first-order valence-corrected chi connectivity index (χ1v) is 7.96. The van der Waals surface area contributed by atoms with Crippen molar-refractivity contribution in [2.45, 2.75) is 6.18 Å². The Morgan fingerprint density at radius 1 is 1.14 bits per heavy atom. The number of hydrogen-bond donors (Lipinski definition) is 2. The summed E-state index contributed by atoms with van der Waals surface area (Å²) in [6, 6.07) is 9.72. The number of carbonyl (C=O) groups excluding carboxylic acids is 2. The molecule has 9 heteroatoms. The van der Waals surface area contributed by atoms with Crippen LogP contribution in [-0.2, 0) is 4.79 Å². The number of ether oxygens (including phenoxy) is 1. The first-order chi connectivity index (χ1) is 13.2. The van der Waals surface area contributed by atoms with E-state index in [1.54, 1.807) is 5.32 Å². The Hall–Kier alpha value is -3.36. The van der Waals surface area contributed by atoms with Crippen LogP contribution in [0.4, 0.5) is 23.2 Å². The second kappa shape index (κ2) is 9.03. The normalized spacial score (nSPS) is 11.3. The topological polar surface area (TPSA) is 67.4 Å². The first kappa shape index (κ1) is 20.9. The molecule has 0 aliphatic rings. The van der Waals surface area contributed by atoms with Crippen LogP contribution in [0.1, 0.15) is 15.9 Å². The highest BCUT2D eigenvalue weighted by molar-refractivity contribution is 6.07. The third-order valence-electron chi connectivity index (χ3n) is 3.48. The zero-order valence-electron chi connectivity index (χ0n) is 14.6. The smallest absolute Gasteiger partial charge is 0.405 e. The van der Waals surface area contributed by atoms with Gasteiger partial charge >= 0.3 is 6.18 Å². The Kier molecular flexibility index (Phi) is 6.75. The number of nitrogens with one attached hydrogen (secondary N) is 2. The minimum absolute atomic E-state index is 0.0396. The molecule has 0 radical (unpaired) electrons. The number of methoxy groups -OCH3 is 1. The van der Waals surface area contributed by atoms with E-state index in [-0.39, 0.29) is 17.0 Å². The van der Waals surface area contributed by atoms with Crippen molar-refractivity contribution >= 4 is 23.6 Å². The average molecular weight is 396 g/mol. The molecule has 2 aromatic carbocycles. The fourth-order valence-electron chi connectivity index (χ4n) is 2.20. The molecule has 148 valence electrons. The van der Waals surface area contributed by atoms with Gasteiger partial charge in [-0.3, -0.25) is 9.59 Å². The molecule has 2 aromatic rings. The number of hydrogen-bond acceptors (Lipinski definition) is 3. The molecule has 0 aliphatic carbocycles. The van der Waals surface area contributed by atoms with Crippen LogP contribution in [0.15, 0.2) is 48.5 Å². The van der Waals surface area contributed by atoms with Gasteiger partial charge in [0.2, 0.25) is 5.91 Å². The van der Waals surface area contributed by atoms with E-state index in [4.69, 9.17) is 4.74 Å². The van der Waals surface area contributed by atoms with Crippen molar-refractivity contribution in [1.29, 1.82) is 0 Å². The highest BCUT2D eigenvalue weighted by atomic mass is 19.4. The molecule has 2 rings (SSSR count). The van der Waals surface area contributed by atoms with Gasteiger partial charge in [0.05, 0.1) is 18.4 Å². The van der Waals surface area contributed by atoms with Crippen LogP contribution in [-0.4, -0.2) is 31.6 Å². The summed E-state index contributed by atoms with van der Waals surface area (Å²) in [5, 5.41) is 4.15. The molecule has 2 amide bonds. The summed E-state index contributed by atoms with van der Waals surface area (Å²) in [5.74, 6) is -2.17. The highest BCUT2D eigenvalue weighted by Crippen LogP contribution is 2.19. The van der Waals surface area contributed by atoms with Gasteiger partial charge in [-0.05, 0) is 35.9 Å². The quantitative estimate of drug-likeness (QED) is 0.577. The van der Waals surface area contributed by atoms with Crippen molar-refractivity contribution < 1.29 is 31.9 Å². The summed E-state index contributed by atoms with van der Waals surface area (Å²) in [6.45, 7) is -1.49. The van der Waals surface area contributed by atoms with E-state index < -0.39 is 30.4 Å². The van der Waals surface area contributed by atoms with Gasteiger partial charge in [0.15, 0.2) is 11.6 Å². The number of amides is 2. The molecular weight excluding hydrogens is 380 g/mol. The predicted molar refractivity (Wildman–Crippen MR) is 95.4 cm³/mol. The van der Waals surface area contributed by atoms with E-state index in [2.05, 4.69) is 5.32 Å². The second-order valence-corrected chi connectivity index (χ2v) is 5.56. The van der Waals surface area contributed by atoms with Crippen LogP contribution in [0, 0.1) is 5.82 Å². The van der Waals surface area contributed by atoms with Gasteiger partial charge < -0.3 is 15.4 Å². The van der Waals surface area contributed by atoms with Crippen molar-refractivity contribution in [3.63, 3.8) is 0 Å². The van der Waals surface area contributed by atoms with E-state index in [0.29, 0.717) is 5.56 Å². The fourth-order valence-corrected chi connectivity index (χ4v) is 2.20. The number of halogens is 4. The fraction of sp³-hybridized carbons (Fsp3) is 0.158. The lowest BCUT2D eigenvalue weighted by Gasteiger charge is -2.11. The Morgan fingerprint density at radius 2 is 1.86 bits per heavy atom. The summed E-state index contributed by atoms with van der Waals surface area (Å²) >= 11 is 0. The summed E-state index contributed by atoms with van der Waals surface area (Å²) in [5.41, 5.74) is 0.311. The number of alkyl halides is 3. The number of anilines is 1. The van der Waals surface area contributed by atoms with Crippen molar-refractivity contribution in [3.8, 4) is 5.75 Å². The van der Waals surface area contributed by atoms with Crippen molar-refractivity contribution in [1.82, 2.24) is 5.32 Å². The van der Waals surface area contributed by atoms with Crippen LogP contribution in [0.2, 0.25) is 0 Å². The van der Waals surface area contributed by atoms with Gasteiger partial charge in [-0.15, -0.1) is 0 Å². The maximum atomic E-state index is 13.6. The van der Waals surface area contributed by atoms with Crippen molar-refractivity contribution in [3.05, 3.63) is 65.5 Å². The van der Waals surface area contributed by atoms with Gasteiger partial charge in [-0.2, -0.15) is 13.2 Å². The lowest BCUT2D eigenvalue weighted by atomic mass is 10.1. The largest absolute Gasteiger partial charge is 0.494 e. The maximum absolute atomic E-state index is 13.6. The average Bonchev–Trinajstić information content (AvgIpc) is 2.64. The van der Waals surface area contributed by atoms with Crippen molar-refractivity contribution in [2.75, 3.05) is 19.0 Å². The molecule has 0 unspecified atom stereocenters. The van der Waals surface area contributed by atoms with E-state index in [0.717, 1.165) is 6.08 Å². The van der Waals surface area contributed by atoms with Crippen LogP contribution in [0.25, 0.3) is 6.08 Å². The SMILES string of the molecule is COc1ccc(/C=C/C(=O)Nc2ccccc2C(=O)NCC(F)(F)F)cc1F. The minimum atomic E-state index is -4.55. The Morgan fingerprint density at radius 3 is 2.50 bits per heavy atom. The van der Waals surface area contributed by atoms with Gasteiger partial charge in [-0.25, -0.2) is 4.39 Å². The van der Waals surface area contributed by atoms with E-state index >= 15 is 0 Å². The van der Waals surface area contributed by atoms with E-state index in [1.807, 2.05) is 0 Å². The first-order valence-electron chi connectivity index (χ1n) is 7.96. The molecule has 0 aliphatic heterocycles.